The van der Waals surface area contributed by atoms with Gasteiger partial charge in [-0.2, -0.15) is 0 Å². The molecule has 20 heavy (non-hydrogen) atoms. The topological polar surface area (TPSA) is 40.5 Å². The normalized spacial score (nSPS) is 28.8. The van der Waals surface area contributed by atoms with Gasteiger partial charge in [-0.15, -0.1) is 0 Å². The van der Waals surface area contributed by atoms with Gasteiger partial charge in [-0.3, -0.25) is 9.69 Å². The summed E-state index contributed by atoms with van der Waals surface area (Å²) in [6.45, 7) is 0.121. The standard InChI is InChI=1S/C17H23NO2/c1-18(11-17(19)20)16-10-12-6-2-3-7-13(12)14-8-4-5-9-15(14)16/h4-5,8-9,12-13,16H,2-3,6-7,10-11H2,1H3,(H,19,20). The van der Waals surface area contributed by atoms with Crippen LogP contribution in [0, 0.1) is 5.92 Å². The molecule has 1 N–H and O–H groups in total. The van der Waals surface area contributed by atoms with Crippen LogP contribution >= 0.6 is 0 Å². The van der Waals surface area contributed by atoms with Crippen LogP contribution in [0.1, 0.15) is 55.2 Å². The molecule has 2 aliphatic rings. The van der Waals surface area contributed by atoms with Crippen LogP contribution in [0.2, 0.25) is 0 Å². The van der Waals surface area contributed by atoms with Gasteiger partial charge in [0.05, 0.1) is 6.54 Å². The van der Waals surface area contributed by atoms with Gasteiger partial charge in [0.1, 0.15) is 0 Å². The molecule has 0 aliphatic heterocycles. The van der Waals surface area contributed by atoms with Crippen molar-refractivity contribution in [2.75, 3.05) is 13.6 Å². The molecular formula is C17H23NO2. The Balaban J connectivity index is 1.93. The molecule has 3 rings (SSSR count). The monoisotopic (exact) mass is 273 g/mol. The zero-order valence-electron chi connectivity index (χ0n) is 12.1. The SMILES string of the molecule is CN(CC(=O)O)C1CC2CCCCC2c2ccccc21. The Morgan fingerprint density at radius 2 is 1.95 bits per heavy atom. The molecular weight excluding hydrogens is 250 g/mol. The molecule has 0 amide bonds. The van der Waals surface area contributed by atoms with Crippen molar-refractivity contribution in [2.24, 2.45) is 5.92 Å². The number of hydrogen-bond donors (Lipinski definition) is 1. The molecule has 1 fully saturated rings. The zero-order valence-corrected chi connectivity index (χ0v) is 12.1. The number of carboxylic acid groups (broad SMARTS) is 1. The molecule has 0 spiro atoms. The molecule has 0 bridgehead atoms. The summed E-state index contributed by atoms with van der Waals surface area (Å²) < 4.78 is 0. The van der Waals surface area contributed by atoms with Crippen LogP contribution in [0.25, 0.3) is 0 Å². The number of carbonyl (C=O) groups is 1. The fraction of sp³-hybridized carbons (Fsp3) is 0.588. The minimum atomic E-state index is -0.740. The summed E-state index contributed by atoms with van der Waals surface area (Å²) >= 11 is 0. The summed E-state index contributed by atoms with van der Waals surface area (Å²) in [5, 5.41) is 9.05. The van der Waals surface area contributed by atoms with E-state index < -0.39 is 5.97 Å². The third-order valence-corrected chi connectivity index (χ3v) is 5.11. The van der Waals surface area contributed by atoms with E-state index in [4.69, 9.17) is 5.11 Å². The van der Waals surface area contributed by atoms with Crippen molar-refractivity contribution in [3.05, 3.63) is 35.4 Å². The van der Waals surface area contributed by atoms with Crippen LogP contribution in [0.5, 0.6) is 0 Å². The van der Waals surface area contributed by atoms with Crippen LogP contribution in [-0.4, -0.2) is 29.6 Å². The molecule has 3 heteroatoms. The number of fused-ring (bicyclic) bond motifs is 3. The summed E-state index contributed by atoms with van der Waals surface area (Å²) in [7, 11) is 1.94. The van der Waals surface area contributed by atoms with Crippen LogP contribution in [0.15, 0.2) is 24.3 Å². The Morgan fingerprint density at radius 1 is 1.25 bits per heavy atom. The van der Waals surface area contributed by atoms with E-state index in [9.17, 15) is 4.79 Å². The van der Waals surface area contributed by atoms with E-state index in [1.807, 2.05) is 11.9 Å². The zero-order chi connectivity index (χ0) is 14.1. The van der Waals surface area contributed by atoms with Crippen molar-refractivity contribution in [3.63, 3.8) is 0 Å². The Bertz CT molecular complexity index is 500. The van der Waals surface area contributed by atoms with E-state index in [1.165, 1.54) is 36.8 Å². The Hall–Kier alpha value is -1.35. The van der Waals surface area contributed by atoms with Gasteiger partial charge in [0.15, 0.2) is 0 Å². The number of nitrogens with zero attached hydrogens (tertiary/aromatic N) is 1. The van der Waals surface area contributed by atoms with Crippen LogP contribution in [0.4, 0.5) is 0 Å². The van der Waals surface area contributed by atoms with E-state index in [2.05, 4.69) is 24.3 Å². The molecule has 0 radical (unpaired) electrons. The van der Waals surface area contributed by atoms with Crippen LogP contribution in [-0.2, 0) is 4.79 Å². The second-order valence-electron chi connectivity index (χ2n) is 6.34. The summed E-state index contributed by atoms with van der Waals surface area (Å²) in [5.74, 6) is 0.699. The van der Waals surface area contributed by atoms with Gasteiger partial charge in [0, 0.05) is 6.04 Å². The number of rotatable bonds is 3. The van der Waals surface area contributed by atoms with Crippen molar-refractivity contribution in [3.8, 4) is 0 Å². The molecule has 3 unspecified atom stereocenters. The summed E-state index contributed by atoms with van der Waals surface area (Å²) in [6.07, 6.45) is 6.39. The van der Waals surface area contributed by atoms with Gasteiger partial charge in [-0.1, -0.05) is 37.1 Å². The molecule has 2 aliphatic carbocycles. The molecule has 3 nitrogen and oxygen atoms in total. The Morgan fingerprint density at radius 3 is 2.70 bits per heavy atom. The van der Waals surface area contributed by atoms with Gasteiger partial charge in [0.2, 0.25) is 0 Å². The first kappa shape index (κ1) is 13.6. The lowest BCUT2D eigenvalue weighted by Gasteiger charge is -2.43. The Labute approximate surface area is 120 Å². The first-order valence-electron chi connectivity index (χ1n) is 7.67. The average Bonchev–Trinajstić information content (AvgIpc) is 2.45. The van der Waals surface area contributed by atoms with E-state index in [-0.39, 0.29) is 12.6 Å². The number of aliphatic carboxylic acids is 1. The average molecular weight is 273 g/mol. The van der Waals surface area contributed by atoms with Gasteiger partial charge < -0.3 is 5.11 Å². The van der Waals surface area contributed by atoms with Crippen LogP contribution < -0.4 is 0 Å². The molecule has 1 saturated carbocycles. The molecule has 108 valence electrons. The van der Waals surface area contributed by atoms with Gasteiger partial charge in [0.25, 0.3) is 0 Å². The third kappa shape index (κ3) is 2.47. The molecule has 0 heterocycles. The molecule has 0 aromatic heterocycles. The van der Waals surface area contributed by atoms with Crippen molar-refractivity contribution >= 4 is 5.97 Å². The maximum Gasteiger partial charge on any atom is 0.317 e. The first-order valence-corrected chi connectivity index (χ1v) is 7.67. The van der Waals surface area contributed by atoms with Crippen molar-refractivity contribution < 1.29 is 9.90 Å². The number of hydrogen-bond acceptors (Lipinski definition) is 2. The second kappa shape index (κ2) is 5.57. The van der Waals surface area contributed by atoms with Crippen LogP contribution in [0.3, 0.4) is 0 Å². The summed E-state index contributed by atoms with van der Waals surface area (Å²) in [5.41, 5.74) is 2.84. The highest BCUT2D eigenvalue weighted by molar-refractivity contribution is 5.69. The molecule has 1 aromatic carbocycles. The lowest BCUT2D eigenvalue weighted by atomic mass is 9.66. The quantitative estimate of drug-likeness (QED) is 0.917. The van der Waals surface area contributed by atoms with E-state index in [0.717, 1.165) is 12.3 Å². The number of benzene rings is 1. The fourth-order valence-electron chi connectivity index (χ4n) is 4.21. The summed E-state index contributed by atoms with van der Waals surface area (Å²) in [4.78, 5) is 13.0. The van der Waals surface area contributed by atoms with E-state index in [1.54, 1.807) is 0 Å². The van der Waals surface area contributed by atoms with Crippen molar-refractivity contribution in [2.45, 2.75) is 44.1 Å². The lowest BCUT2D eigenvalue weighted by molar-refractivity contribution is -0.138. The largest absolute Gasteiger partial charge is 0.480 e. The highest BCUT2D eigenvalue weighted by atomic mass is 16.4. The van der Waals surface area contributed by atoms with Crippen molar-refractivity contribution in [1.29, 1.82) is 0 Å². The maximum absolute atomic E-state index is 11.0. The predicted octanol–water partition coefficient (Wildman–Crippen LogP) is 3.42. The van der Waals surface area contributed by atoms with Gasteiger partial charge in [-0.05, 0) is 49.3 Å². The highest BCUT2D eigenvalue weighted by Gasteiger charge is 2.37. The molecule has 0 saturated heterocycles. The maximum atomic E-state index is 11.0. The number of carboxylic acids is 1. The van der Waals surface area contributed by atoms with E-state index >= 15 is 0 Å². The van der Waals surface area contributed by atoms with Gasteiger partial charge in [-0.25, -0.2) is 0 Å². The lowest BCUT2D eigenvalue weighted by Crippen LogP contribution is -2.36. The molecule has 3 atom stereocenters. The Kier molecular flexibility index (Phi) is 3.79. The fourth-order valence-corrected chi connectivity index (χ4v) is 4.21. The second-order valence-corrected chi connectivity index (χ2v) is 6.34. The molecule has 1 aromatic rings. The highest BCUT2D eigenvalue weighted by Crippen LogP contribution is 2.49. The first-order chi connectivity index (χ1) is 9.66. The number of likely N-dealkylation sites (N-methyl/N-ethyl adjacent to an activating group) is 1. The minimum absolute atomic E-state index is 0.121. The third-order valence-electron chi connectivity index (χ3n) is 5.11. The van der Waals surface area contributed by atoms with Gasteiger partial charge >= 0.3 is 5.97 Å². The summed E-state index contributed by atoms with van der Waals surface area (Å²) in [6, 6.07) is 8.94. The van der Waals surface area contributed by atoms with Crippen molar-refractivity contribution in [1.82, 2.24) is 4.90 Å². The smallest absolute Gasteiger partial charge is 0.317 e. The minimum Gasteiger partial charge on any atom is -0.480 e. The predicted molar refractivity (Wildman–Crippen MR) is 78.8 cm³/mol. The van der Waals surface area contributed by atoms with E-state index in [0.29, 0.717) is 5.92 Å².